The number of esters is 1. The molecule has 240 valence electrons. The van der Waals surface area contributed by atoms with Gasteiger partial charge in [-0.3, -0.25) is 19.3 Å². The zero-order valence-electron chi connectivity index (χ0n) is 25.2. The van der Waals surface area contributed by atoms with Gasteiger partial charge in [-0.15, -0.1) is 24.9 Å². The van der Waals surface area contributed by atoms with Crippen molar-refractivity contribution in [3.63, 3.8) is 0 Å². The number of benzene rings is 1. The Morgan fingerprint density at radius 3 is 2.66 bits per heavy atom. The molecule has 4 aliphatic rings. The van der Waals surface area contributed by atoms with Crippen molar-refractivity contribution in [1.29, 1.82) is 0 Å². The van der Waals surface area contributed by atoms with Gasteiger partial charge < -0.3 is 24.4 Å². The number of hydrogen-bond acceptors (Lipinski definition) is 8. The molecule has 0 aliphatic carbocycles. The van der Waals surface area contributed by atoms with Crippen LogP contribution in [0.3, 0.4) is 0 Å². The molecule has 2 amide bonds. The Bertz CT molecular complexity index is 1200. The monoisotopic (exact) mass is 689 g/mol. The first-order valence-electron chi connectivity index (χ1n) is 15.6. The summed E-state index contributed by atoms with van der Waals surface area (Å²) in [6, 6.07) is 8.24. The number of nitrogens with zero attached hydrogens (tertiary/aromatic N) is 3. The van der Waals surface area contributed by atoms with Gasteiger partial charge in [0.1, 0.15) is 6.04 Å². The molecule has 3 unspecified atom stereocenters. The molecule has 1 aromatic rings. The van der Waals surface area contributed by atoms with Crippen molar-refractivity contribution in [3.8, 4) is 0 Å². The number of carbonyl (C=O) groups is 3. The third kappa shape index (κ3) is 6.54. The summed E-state index contributed by atoms with van der Waals surface area (Å²) in [4.78, 5) is 48.7. The molecule has 0 saturated carbocycles. The van der Waals surface area contributed by atoms with E-state index in [0.717, 1.165) is 25.1 Å². The fourth-order valence-corrected chi connectivity index (χ4v) is 10.9. The van der Waals surface area contributed by atoms with Crippen LogP contribution < -0.4 is 0 Å². The number of unbranched alkanes of at least 4 members (excludes halogenated alkanes) is 1. The average Bonchev–Trinajstić information content (AvgIpc) is 3.64. The second-order valence-corrected chi connectivity index (χ2v) is 14.8. The standard InChI is InChI=1S/C33H44BrN3O6S/c1-3-5-9-17-43-32(41)26-27-30(39)37(24(22-38)20-23-10-7-6-8-11-23)29(33(27)21-25(34)28(26)44-33)31(40)36(12-4-2)14-13-35-15-18-42-19-16-35/h3-4,6-8,10-11,24-29,38H,1-2,5,9,12-22H2/t24-,25?,26+,27+,28+,29?,33?/m1/s1. The lowest BCUT2D eigenvalue weighted by molar-refractivity contribution is -0.154. The first-order valence-corrected chi connectivity index (χ1v) is 17.4. The van der Waals surface area contributed by atoms with Crippen molar-refractivity contribution < 1.29 is 29.0 Å². The number of fused-ring (bicyclic) bond motifs is 1. The van der Waals surface area contributed by atoms with Crippen LogP contribution in [0.2, 0.25) is 0 Å². The number of aliphatic hydroxyl groups is 1. The predicted octanol–water partition coefficient (Wildman–Crippen LogP) is 2.91. The van der Waals surface area contributed by atoms with Gasteiger partial charge >= 0.3 is 5.97 Å². The van der Waals surface area contributed by atoms with Crippen LogP contribution in [0.25, 0.3) is 0 Å². The smallest absolute Gasteiger partial charge is 0.310 e. The summed E-state index contributed by atoms with van der Waals surface area (Å²) in [7, 11) is 0. The Balaban J connectivity index is 1.49. The fraction of sp³-hybridized carbons (Fsp3) is 0.606. The van der Waals surface area contributed by atoms with E-state index in [1.165, 1.54) is 0 Å². The van der Waals surface area contributed by atoms with Gasteiger partial charge in [0, 0.05) is 42.8 Å². The highest BCUT2D eigenvalue weighted by Crippen LogP contribution is 2.68. The lowest BCUT2D eigenvalue weighted by atomic mass is 9.71. The molecule has 4 saturated heterocycles. The second-order valence-electron chi connectivity index (χ2n) is 12.1. The third-order valence-corrected chi connectivity index (χ3v) is 12.6. The van der Waals surface area contributed by atoms with Crippen molar-refractivity contribution in [2.45, 2.75) is 52.6 Å². The molecule has 4 aliphatic heterocycles. The summed E-state index contributed by atoms with van der Waals surface area (Å²) < 4.78 is 10.4. The summed E-state index contributed by atoms with van der Waals surface area (Å²) in [5.41, 5.74) is 0.962. The number of halogens is 1. The maximum atomic E-state index is 14.8. The molecule has 4 heterocycles. The van der Waals surface area contributed by atoms with E-state index in [2.05, 4.69) is 34.0 Å². The summed E-state index contributed by atoms with van der Waals surface area (Å²) >= 11 is 5.41. The van der Waals surface area contributed by atoms with Crippen LogP contribution in [0.5, 0.6) is 0 Å². The molecule has 5 rings (SSSR count). The van der Waals surface area contributed by atoms with E-state index >= 15 is 0 Å². The molecule has 1 aromatic carbocycles. The van der Waals surface area contributed by atoms with Crippen LogP contribution in [-0.2, 0) is 30.3 Å². The summed E-state index contributed by atoms with van der Waals surface area (Å²) in [5, 5.41) is 10.6. The van der Waals surface area contributed by atoms with Gasteiger partial charge in [-0.25, -0.2) is 0 Å². The maximum absolute atomic E-state index is 14.8. The average molecular weight is 691 g/mol. The highest BCUT2D eigenvalue weighted by molar-refractivity contribution is 9.09. The van der Waals surface area contributed by atoms with E-state index in [-0.39, 0.29) is 41.1 Å². The molecule has 1 spiro atoms. The van der Waals surface area contributed by atoms with Crippen LogP contribution in [0.15, 0.2) is 55.6 Å². The molecule has 0 aromatic heterocycles. The number of aliphatic hydroxyl groups excluding tert-OH is 1. The normalized spacial score (nSPS) is 30.2. The topological polar surface area (TPSA) is 99.6 Å². The molecule has 44 heavy (non-hydrogen) atoms. The van der Waals surface area contributed by atoms with Gasteiger partial charge in [0.25, 0.3) is 0 Å². The van der Waals surface area contributed by atoms with E-state index in [1.807, 2.05) is 30.3 Å². The quantitative estimate of drug-likeness (QED) is 0.130. The molecule has 4 fully saturated rings. The maximum Gasteiger partial charge on any atom is 0.310 e. The second kappa shape index (κ2) is 14.9. The van der Waals surface area contributed by atoms with Crippen LogP contribution >= 0.6 is 27.7 Å². The van der Waals surface area contributed by atoms with Crippen molar-refractivity contribution in [2.24, 2.45) is 11.8 Å². The van der Waals surface area contributed by atoms with E-state index < -0.39 is 28.7 Å². The van der Waals surface area contributed by atoms with Gasteiger partial charge in [-0.1, -0.05) is 58.4 Å². The van der Waals surface area contributed by atoms with Gasteiger partial charge in [0.05, 0.1) is 49.1 Å². The summed E-state index contributed by atoms with van der Waals surface area (Å²) in [5.74, 6) is -2.17. The first-order chi connectivity index (χ1) is 21.4. The van der Waals surface area contributed by atoms with Crippen LogP contribution in [0.1, 0.15) is 24.8 Å². The number of rotatable bonds is 15. The number of likely N-dealkylation sites (tertiary alicyclic amines) is 1. The zero-order chi connectivity index (χ0) is 31.3. The molecular formula is C33H44BrN3O6S. The number of hydrogen-bond donors (Lipinski definition) is 1. The van der Waals surface area contributed by atoms with E-state index in [1.54, 1.807) is 33.7 Å². The SMILES string of the molecule is C=CCCCOC(=O)[C@H]1[C@H]2C(=O)N([C@@H](CO)Cc3ccccc3)C(C(=O)N(CC=C)CCN3CCOCC3)C23CC(Br)[C@@H]1S3. The minimum atomic E-state index is -0.834. The van der Waals surface area contributed by atoms with Crippen LogP contribution in [0, 0.1) is 11.8 Å². The molecule has 0 radical (unpaired) electrons. The van der Waals surface area contributed by atoms with E-state index in [4.69, 9.17) is 9.47 Å². The van der Waals surface area contributed by atoms with Crippen molar-refractivity contribution >= 4 is 45.5 Å². The Hall–Kier alpha value is -2.18. The summed E-state index contributed by atoms with van der Waals surface area (Å²) in [6.07, 6.45) is 5.87. The highest BCUT2D eigenvalue weighted by atomic mass is 79.9. The minimum absolute atomic E-state index is 0.0552. The largest absolute Gasteiger partial charge is 0.465 e. The van der Waals surface area contributed by atoms with Gasteiger partial charge in [0.2, 0.25) is 11.8 Å². The number of thioether (sulfide) groups is 1. The fourth-order valence-electron chi connectivity index (χ4n) is 7.35. The lowest BCUT2D eigenvalue weighted by Crippen LogP contribution is -2.59. The molecule has 11 heteroatoms. The highest BCUT2D eigenvalue weighted by Gasteiger charge is 2.76. The minimum Gasteiger partial charge on any atom is -0.465 e. The number of ether oxygens (including phenoxy) is 2. The van der Waals surface area contributed by atoms with Gasteiger partial charge in [0.15, 0.2) is 0 Å². The van der Waals surface area contributed by atoms with Gasteiger partial charge in [-0.2, -0.15) is 0 Å². The number of allylic oxidation sites excluding steroid dienone is 1. The van der Waals surface area contributed by atoms with Crippen LogP contribution in [0.4, 0.5) is 0 Å². The lowest BCUT2D eigenvalue weighted by Gasteiger charge is -2.40. The van der Waals surface area contributed by atoms with Crippen LogP contribution in [-0.4, -0.2) is 124 Å². The zero-order valence-corrected chi connectivity index (χ0v) is 27.6. The molecule has 9 nitrogen and oxygen atoms in total. The van der Waals surface area contributed by atoms with E-state index in [9.17, 15) is 19.5 Å². The molecule has 2 bridgehead atoms. The predicted molar refractivity (Wildman–Crippen MR) is 175 cm³/mol. The third-order valence-electron chi connectivity index (χ3n) is 9.40. The van der Waals surface area contributed by atoms with Crippen molar-refractivity contribution in [1.82, 2.24) is 14.7 Å². The number of morpholine rings is 1. The number of amides is 2. The molecule has 1 N–H and O–H groups in total. The summed E-state index contributed by atoms with van der Waals surface area (Å²) in [6.45, 7) is 12.1. The van der Waals surface area contributed by atoms with Crippen molar-refractivity contribution in [2.75, 3.05) is 59.2 Å². The number of alkyl halides is 1. The Labute approximate surface area is 273 Å². The Morgan fingerprint density at radius 1 is 1.23 bits per heavy atom. The number of carbonyl (C=O) groups excluding carboxylic acids is 3. The van der Waals surface area contributed by atoms with Crippen molar-refractivity contribution in [3.05, 3.63) is 61.2 Å². The van der Waals surface area contributed by atoms with E-state index in [0.29, 0.717) is 52.1 Å². The Kier molecular flexibility index (Phi) is 11.3. The molecule has 7 atom stereocenters. The van der Waals surface area contributed by atoms with Gasteiger partial charge in [-0.05, 0) is 31.2 Å². The first kappa shape index (κ1) is 33.2. The molecular weight excluding hydrogens is 646 g/mol. The Morgan fingerprint density at radius 2 is 1.98 bits per heavy atom.